The van der Waals surface area contributed by atoms with Crippen LogP contribution < -0.4 is 5.48 Å². The van der Waals surface area contributed by atoms with E-state index in [1.807, 2.05) is 30.3 Å². The smallest absolute Gasteiger partial charge is 0.308 e. The van der Waals surface area contributed by atoms with Gasteiger partial charge < -0.3 is 19.4 Å². The monoisotopic (exact) mass is 435 g/mol. The van der Waals surface area contributed by atoms with Gasteiger partial charge in [-0.05, 0) is 35.3 Å². The van der Waals surface area contributed by atoms with E-state index in [1.165, 1.54) is 0 Å². The van der Waals surface area contributed by atoms with Gasteiger partial charge in [-0.2, -0.15) is 5.48 Å². The topological polar surface area (TPSA) is 97.3 Å². The molecule has 1 aliphatic carbocycles. The molecule has 30 heavy (non-hydrogen) atoms. The Bertz CT molecular complexity index is 791. The van der Waals surface area contributed by atoms with Gasteiger partial charge in [0, 0.05) is 0 Å². The number of benzene rings is 1. The molecule has 1 saturated heterocycles. The Kier molecular flexibility index (Phi) is 6.57. The number of carbonyl (C=O) groups is 1. The first-order chi connectivity index (χ1) is 14.0. The number of carbonyl (C=O) groups excluding carboxylic acids is 1. The second kappa shape index (κ2) is 8.53. The van der Waals surface area contributed by atoms with Crippen LogP contribution in [0.1, 0.15) is 32.8 Å². The maximum absolute atomic E-state index is 12.3. The van der Waals surface area contributed by atoms with Crippen LogP contribution in [-0.4, -0.2) is 55.0 Å². The van der Waals surface area contributed by atoms with Gasteiger partial charge in [-0.1, -0.05) is 51.1 Å². The summed E-state index contributed by atoms with van der Waals surface area (Å²) in [4.78, 5) is 18.0. The normalized spacial score (nSPS) is 29.4. The maximum atomic E-state index is 12.3. The van der Waals surface area contributed by atoms with Crippen molar-refractivity contribution in [3.05, 3.63) is 47.5 Å². The maximum Gasteiger partial charge on any atom is 0.308 e. The van der Waals surface area contributed by atoms with Crippen LogP contribution in [0.4, 0.5) is 0 Å². The number of hydrogen-bond donors (Lipinski definition) is 3. The van der Waals surface area contributed by atoms with Crippen molar-refractivity contribution in [2.75, 3.05) is 6.61 Å². The molecule has 1 aliphatic heterocycles. The predicted octanol–water partition coefficient (Wildman–Crippen LogP) is 2.45. The molecule has 2 aliphatic rings. The van der Waals surface area contributed by atoms with Crippen LogP contribution in [0.3, 0.4) is 0 Å². The Labute approximate surface area is 179 Å². The van der Waals surface area contributed by atoms with Crippen LogP contribution >= 0.6 is 0 Å². The zero-order valence-electron chi connectivity index (χ0n) is 18.3. The lowest BCUT2D eigenvalue weighted by Gasteiger charge is -2.43. The molecular formula is C22H33NO6Si. The highest BCUT2D eigenvalue weighted by atomic mass is 28.4. The lowest BCUT2D eigenvalue weighted by molar-refractivity contribution is -0.164. The summed E-state index contributed by atoms with van der Waals surface area (Å²) >= 11 is 0. The molecule has 0 aromatic heterocycles. The third-order valence-electron chi connectivity index (χ3n) is 6.33. The van der Waals surface area contributed by atoms with E-state index in [0.29, 0.717) is 12.2 Å². The Hall–Kier alpha value is -1.55. The zero-order valence-corrected chi connectivity index (χ0v) is 19.3. The van der Waals surface area contributed by atoms with Gasteiger partial charge in [-0.25, -0.2) is 0 Å². The second-order valence-corrected chi connectivity index (χ2v) is 14.4. The summed E-state index contributed by atoms with van der Waals surface area (Å²) in [5.74, 6) is -0.399. The first-order valence-electron chi connectivity index (χ1n) is 10.3. The van der Waals surface area contributed by atoms with E-state index >= 15 is 0 Å². The minimum atomic E-state index is -2.31. The number of hydrogen-bond acceptors (Lipinski definition) is 7. The van der Waals surface area contributed by atoms with Gasteiger partial charge in [0.1, 0.15) is 11.7 Å². The molecule has 4 atom stereocenters. The van der Waals surface area contributed by atoms with Crippen molar-refractivity contribution in [1.82, 2.24) is 5.48 Å². The standard InChI is InChI=1S/C22H33NO6Si/c1-21(2,3)30(4,5)29-20-19-16(12-22(20,26)14-24)17(11-18(25)28-19)23-27-13-15-9-7-6-8-10-15/h6-10,12,17,19-20,23-24,26H,11,13-14H2,1-5H3/t17-,19+,20+,22?/m1/s1. The molecule has 0 bridgehead atoms. The van der Waals surface area contributed by atoms with E-state index in [0.717, 1.165) is 5.56 Å². The van der Waals surface area contributed by atoms with Crippen molar-refractivity contribution in [1.29, 1.82) is 0 Å². The molecule has 0 radical (unpaired) electrons. The fourth-order valence-electron chi connectivity index (χ4n) is 3.50. The number of aliphatic hydroxyl groups excluding tert-OH is 1. The first kappa shape index (κ1) is 23.1. The molecule has 1 aromatic carbocycles. The second-order valence-electron chi connectivity index (χ2n) is 9.65. The van der Waals surface area contributed by atoms with Gasteiger partial charge in [-0.15, -0.1) is 0 Å². The van der Waals surface area contributed by atoms with E-state index < -0.39 is 44.7 Å². The molecule has 0 saturated carbocycles. The number of nitrogens with one attached hydrogen (secondary N) is 1. The Morgan fingerprint density at radius 3 is 2.53 bits per heavy atom. The molecule has 0 spiro atoms. The van der Waals surface area contributed by atoms with Crippen molar-refractivity contribution in [3.8, 4) is 0 Å². The molecular weight excluding hydrogens is 402 g/mol. The molecule has 8 heteroatoms. The van der Waals surface area contributed by atoms with Crippen molar-refractivity contribution in [2.24, 2.45) is 0 Å². The summed E-state index contributed by atoms with van der Waals surface area (Å²) in [5, 5.41) is 21.0. The number of esters is 1. The van der Waals surface area contributed by atoms with E-state index in [2.05, 4.69) is 39.3 Å². The van der Waals surface area contributed by atoms with Crippen molar-refractivity contribution < 1.29 is 29.0 Å². The van der Waals surface area contributed by atoms with E-state index in [-0.39, 0.29) is 11.5 Å². The SMILES string of the molecule is CC(C)(C)[Si](C)(C)O[C@H]1[C@H]2OC(=O)C[C@@H](NOCc3ccccc3)C2=CC1(O)CO. The molecule has 1 fully saturated rings. The molecule has 1 unspecified atom stereocenters. The number of hydroxylamine groups is 1. The minimum absolute atomic E-state index is 0.0748. The highest BCUT2D eigenvalue weighted by molar-refractivity contribution is 6.74. The highest BCUT2D eigenvalue weighted by Gasteiger charge is 2.56. The van der Waals surface area contributed by atoms with Crippen molar-refractivity contribution in [3.63, 3.8) is 0 Å². The first-order valence-corrected chi connectivity index (χ1v) is 13.2. The molecule has 166 valence electrons. The molecule has 7 nitrogen and oxygen atoms in total. The van der Waals surface area contributed by atoms with Crippen LogP contribution in [0.5, 0.6) is 0 Å². The van der Waals surface area contributed by atoms with E-state index in [4.69, 9.17) is 14.0 Å². The summed E-state index contributed by atoms with van der Waals surface area (Å²) in [6.07, 6.45) is 0.0214. The summed E-state index contributed by atoms with van der Waals surface area (Å²) in [6.45, 7) is 10.2. The number of ether oxygens (including phenoxy) is 1. The van der Waals surface area contributed by atoms with Crippen molar-refractivity contribution in [2.45, 2.75) is 75.8 Å². The molecule has 0 amide bonds. The quantitative estimate of drug-likeness (QED) is 0.262. The van der Waals surface area contributed by atoms with Gasteiger partial charge in [0.2, 0.25) is 0 Å². The summed E-state index contributed by atoms with van der Waals surface area (Å²) < 4.78 is 12.0. The summed E-state index contributed by atoms with van der Waals surface area (Å²) in [5.41, 5.74) is 2.98. The average molecular weight is 436 g/mol. The highest BCUT2D eigenvalue weighted by Crippen LogP contribution is 2.44. The third-order valence-corrected chi connectivity index (χ3v) is 10.8. The van der Waals surface area contributed by atoms with E-state index in [1.54, 1.807) is 6.08 Å². The number of fused-ring (bicyclic) bond motifs is 1. The predicted molar refractivity (Wildman–Crippen MR) is 115 cm³/mol. The Morgan fingerprint density at radius 1 is 1.27 bits per heavy atom. The van der Waals surface area contributed by atoms with Crippen LogP contribution in [0.2, 0.25) is 18.1 Å². The van der Waals surface area contributed by atoms with Gasteiger partial charge in [0.05, 0.1) is 25.7 Å². The van der Waals surface area contributed by atoms with Crippen LogP contribution in [0.15, 0.2) is 42.0 Å². The average Bonchev–Trinajstić information content (AvgIpc) is 2.94. The van der Waals surface area contributed by atoms with Crippen LogP contribution in [-0.2, 0) is 25.4 Å². The molecule has 1 heterocycles. The summed E-state index contributed by atoms with van der Waals surface area (Å²) in [6, 6.07) is 9.21. The van der Waals surface area contributed by atoms with Crippen LogP contribution in [0, 0.1) is 0 Å². The Balaban J connectivity index is 1.78. The largest absolute Gasteiger partial charge is 0.455 e. The number of rotatable bonds is 7. The van der Waals surface area contributed by atoms with Gasteiger partial charge >= 0.3 is 5.97 Å². The van der Waals surface area contributed by atoms with E-state index in [9.17, 15) is 15.0 Å². The fourth-order valence-corrected chi connectivity index (χ4v) is 4.81. The summed E-state index contributed by atoms with van der Waals surface area (Å²) in [7, 11) is -2.31. The van der Waals surface area contributed by atoms with Crippen molar-refractivity contribution >= 4 is 14.3 Å². The lowest BCUT2D eigenvalue weighted by Crippen LogP contribution is -2.57. The van der Waals surface area contributed by atoms with Gasteiger partial charge in [0.25, 0.3) is 0 Å². The van der Waals surface area contributed by atoms with Crippen LogP contribution in [0.25, 0.3) is 0 Å². The minimum Gasteiger partial charge on any atom is -0.455 e. The van der Waals surface area contributed by atoms with Gasteiger partial charge in [-0.3, -0.25) is 9.63 Å². The lowest BCUT2D eigenvalue weighted by atomic mass is 9.97. The molecule has 3 N–H and O–H groups in total. The van der Waals surface area contributed by atoms with Gasteiger partial charge in [0.15, 0.2) is 14.4 Å². The third kappa shape index (κ3) is 4.69. The fraction of sp³-hybridized carbons (Fsp3) is 0.591. The molecule has 3 rings (SSSR count). The molecule has 1 aromatic rings. The zero-order chi connectivity index (χ0) is 22.2. The number of aliphatic hydroxyl groups is 2. The Morgan fingerprint density at radius 2 is 1.93 bits per heavy atom.